The van der Waals surface area contributed by atoms with Gasteiger partial charge in [-0.1, -0.05) is 11.6 Å². The Balaban J connectivity index is 1.95. The summed E-state index contributed by atoms with van der Waals surface area (Å²) in [6.07, 6.45) is 9.36. The molecule has 4 heteroatoms. The number of hydrogen-bond acceptors (Lipinski definition) is 2. The van der Waals surface area contributed by atoms with Crippen molar-refractivity contribution in [2.45, 2.75) is 12.8 Å². The van der Waals surface area contributed by atoms with Gasteiger partial charge in [0.05, 0.1) is 17.4 Å². The first-order valence-electron chi connectivity index (χ1n) is 6.11. The summed E-state index contributed by atoms with van der Waals surface area (Å²) in [4.78, 5) is 2.33. The Morgan fingerprint density at radius 3 is 2.89 bits per heavy atom. The van der Waals surface area contributed by atoms with E-state index in [9.17, 15) is 0 Å². The second-order valence-corrected chi connectivity index (χ2v) is 5.12. The molecule has 0 spiro atoms. The molecule has 1 aromatic heterocycles. The van der Waals surface area contributed by atoms with Gasteiger partial charge in [0.15, 0.2) is 0 Å². The Hall–Kier alpha value is -1.66. The zero-order valence-corrected chi connectivity index (χ0v) is 10.7. The number of anilines is 1. The van der Waals surface area contributed by atoms with Crippen LogP contribution in [-0.2, 0) is 0 Å². The first kappa shape index (κ1) is 11.4. The third kappa shape index (κ3) is 1.93. The van der Waals surface area contributed by atoms with Crippen LogP contribution in [0.15, 0.2) is 18.3 Å². The van der Waals surface area contributed by atoms with Crippen molar-refractivity contribution in [3.8, 4) is 12.3 Å². The number of aromatic nitrogens is 2. The van der Waals surface area contributed by atoms with Crippen molar-refractivity contribution in [3.63, 3.8) is 0 Å². The highest BCUT2D eigenvalue weighted by molar-refractivity contribution is 6.31. The van der Waals surface area contributed by atoms with Crippen LogP contribution >= 0.6 is 11.6 Å². The lowest BCUT2D eigenvalue weighted by molar-refractivity contribution is 0.493. The van der Waals surface area contributed by atoms with Crippen molar-refractivity contribution in [2.75, 3.05) is 18.0 Å². The fourth-order valence-electron chi connectivity index (χ4n) is 2.54. The minimum atomic E-state index is 0.415. The molecule has 3 nitrogen and oxygen atoms in total. The van der Waals surface area contributed by atoms with Crippen LogP contribution in [0, 0.1) is 18.3 Å². The van der Waals surface area contributed by atoms with E-state index in [1.165, 1.54) is 0 Å². The zero-order valence-electron chi connectivity index (χ0n) is 9.99. The van der Waals surface area contributed by atoms with Crippen molar-refractivity contribution in [1.29, 1.82) is 0 Å². The van der Waals surface area contributed by atoms with Crippen LogP contribution in [0.5, 0.6) is 0 Å². The van der Waals surface area contributed by atoms with Gasteiger partial charge in [0.1, 0.15) is 0 Å². The number of nitrogens with zero attached hydrogens (tertiary/aromatic N) is 2. The Bertz CT molecular complexity index is 603. The standard InChI is InChI=1S/C14H14ClN3/c1-2-10-3-5-18(6-4-10)13-8-12(15)7-11-9-16-17-14(11)13/h1,7-10H,3-6H2,(H,16,17). The summed E-state index contributed by atoms with van der Waals surface area (Å²) in [5.41, 5.74) is 2.18. The van der Waals surface area contributed by atoms with Crippen LogP contribution in [0.25, 0.3) is 10.9 Å². The topological polar surface area (TPSA) is 31.9 Å². The van der Waals surface area contributed by atoms with Crippen LogP contribution in [0.4, 0.5) is 5.69 Å². The number of aromatic amines is 1. The number of nitrogens with one attached hydrogen (secondary N) is 1. The quantitative estimate of drug-likeness (QED) is 0.799. The maximum atomic E-state index is 6.16. The molecule has 2 aromatic rings. The van der Waals surface area contributed by atoms with Crippen LogP contribution in [-0.4, -0.2) is 23.3 Å². The molecule has 0 saturated carbocycles. The molecule has 0 radical (unpaired) electrons. The smallest absolute Gasteiger partial charge is 0.0884 e. The normalized spacial score (nSPS) is 17.0. The maximum Gasteiger partial charge on any atom is 0.0884 e. The highest BCUT2D eigenvalue weighted by Gasteiger charge is 2.20. The third-order valence-corrected chi connectivity index (χ3v) is 3.78. The zero-order chi connectivity index (χ0) is 12.5. The molecule has 2 heterocycles. The molecule has 1 fully saturated rings. The number of piperidine rings is 1. The van der Waals surface area contributed by atoms with Crippen LogP contribution in [0.1, 0.15) is 12.8 Å². The lowest BCUT2D eigenvalue weighted by Gasteiger charge is -2.32. The summed E-state index contributed by atoms with van der Waals surface area (Å²) in [5.74, 6) is 3.26. The highest BCUT2D eigenvalue weighted by atomic mass is 35.5. The Morgan fingerprint density at radius 2 is 2.17 bits per heavy atom. The molecule has 0 unspecified atom stereocenters. The summed E-state index contributed by atoms with van der Waals surface area (Å²) in [6.45, 7) is 1.95. The Labute approximate surface area is 111 Å². The molecule has 92 valence electrons. The van der Waals surface area contributed by atoms with Crippen molar-refractivity contribution < 1.29 is 0 Å². The first-order valence-corrected chi connectivity index (χ1v) is 6.49. The Kier molecular flexibility index (Phi) is 2.89. The van der Waals surface area contributed by atoms with Crippen LogP contribution in [0.3, 0.4) is 0 Å². The monoisotopic (exact) mass is 259 g/mol. The van der Waals surface area contributed by atoms with E-state index in [2.05, 4.69) is 21.0 Å². The van der Waals surface area contributed by atoms with Gasteiger partial charge in [0.25, 0.3) is 0 Å². The van der Waals surface area contributed by atoms with E-state index < -0.39 is 0 Å². The number of hydrogen-bond donors (Lipinski definition) is 1. The molecule has 1 N–H and O–H groups in total. The van der Waals surface area contributed by atoms with Gasteiger partial charge in [0, 0.05) is 29.4 Å². The maximum absolute atomic E-state index is 6.16. The van der Waals surface area contributed by atoms with Crippen molar-refractivity contribution in [1.82, 2.24) is 10.2 Å². The number of H-pyrrole nitrogens is 1. The molecule has 0 atom stereocenters. The summed E-state index contributed by atoms with van der Waals surface area (Å²) in [7, 11) is 0. The van der Waals surface area contributed by atoms with Gasteiger partial charge in [-0.25, -0.2) is 0 Å². The van der Waals surface area contributed by atoms with E-state index in [1.807, 2.05) is 12.1 Å². The largest absolute Gasteiger partial charge is 0.370 e. The van der Waals surface area contributed by atoms with Crippen molar-refractivity contribution in [3.05, 3.63) is 23.4 Å². The second kappa shape index (κ2) is 4.55. The van der Waals surface area contributed by atoms with Gasteiger partial charge in [0.2, 0.25) is 0 Å². The number of rotatable bonds is 1. The third-order valence-electron chi connectivity index (χ3n) is 3.56. The van der Waals surface area contributed by atoms with Gasteiger partial charge in [-0.3, -0.25) is 5.10 Å². The lowest BCUT2D eigenvalue weighted by atomic mass is 9.97. The molecule has 1 aliphatic heterocycles. The van der Waals surface area contributed by atoms with E-state index in [1.54, 1.807) is 6.20 Å². The van der Waals surface area contributed by atoms with Gasteiger partial charge < -0.3 is 4.90 Å². The fraction of sp³-hybridized carbons (Fsp3) is 0.357. The summed E-state index contributed by atoms with van der Waals surface area (Å²) < 4.78 is 0. The molecule has 0 amide bonds. The van der Waals surface area contributed by atoms with Crippen molar-refractivity contribution in [2.24, 2.45) is 5.92 Å². The van der Waals surface area contributed by atoms with E-state index >= 15 is 0 Å². The lowest BCUT2D eigenvalue weighted by Crippen LogP contribution is -2.33. The van der Waals surface area contributed by atoms with Gasteiger partial charge in [-0.2, -0.15) is 5.10 Å². The number of fused-ring (bicyclic) bond motifs is 1. The SMILES string of the molecule is C#CC1CCN(c2cc(Cl)cc3cn[nH]c23)CC1. The first-order chi connectivity index (χ1) is 8.78. The van der Waals surface area contributed by atoms with E-state index in [-0.39, 0.29) is 0 Å². The van der Waals surface area contributed by atoms with E-state index in [4.69, 9.17) is 18.0 Å². The minimum absolute atomic E-state index is 0.415. The van der Waals surface area contributed by atoms with Gasteiger partial charge >= 0.3 is 0 Å². The number of benzene rings is 1. The average molecular weight is 260 g/mol. The summed E-state index contributed by atoms with van der Waals surface area (Å²) >= 11 is 6.16. The average Bonchev–Trinajstić information content (AvgIpc) is 2.86. The molecule has 0 aliphatic carbocycles. The minimum Gasteiger partial charge on any atom is -0.370 e. The summed E-state index contributed by atoms with van der Waals surface area (Å²) in [5, 5.41) is 8.93. The highest BCUT2D eigenvalue weighted by Crippen LogP contribution is 2.31. The van der Waals surface area contributed by atoms with Crippen molar-refractivity contribution >= 4 is 28.2 Å². The summed E-state index contributed by atoms with van der Waals surface area (Å²) in [6, 6.07) is 3.93. The predicted octanol–water partition coefficient (Wildman–Crippen LogP) is 3.07. The fourth-order valence-corrected chi connectivity index (χ4v) is 2.76. The van der Waals surface area contributed by atoms with E-state index in [0.717, 1.165) is 47.5 Å². The van der Waals surface area contributed by atoms with Gasteiger partial charge in [-0.15, -0.1) is 12.3 Å². The molecular weight excluding hydrogens is 246 g/mol. The number of halogens is 1. The second-order valence-electron chi connectivity index (χ2n) is 4.69. The molecule has 1 aromatic carbocycles. The molecular formula is C14H14ClN3. The van der Waals surface area contributed by atoms with Crippen LogP contribution in [0.2, 0.25) is 5.02 Å². The molecule has 0 bridgehead atoms. The molecule has 18 heavy (non-hydrogen) atoms. The molecule has 1 saturated heterocycles. The number of terminal acetylenes is 1. The van der Waals surface area contributed by atoms with Gasteiger partial charge in [-0.05, 0) is 25.0 Å². The molecule has 1 aliphatic rings. The van der Waals surface area contributed by atoms with Crippen LogP contribution < -0.4 is 4.90 Å². The predicted molar refractivity (Wildman–Crippen MR) is 74.9 cm³/mol. The molecule has 3 rings (SSSR count). The van der Waals surface area contributed by atoms with E-state index in [0.29, 0.717) is 5.92 Å². The Morgan fingerprint density at radius 1 is 1.39 bits per heavy atom.